The van der Waals surface area contributed by atoms with Crippen LogP contribution in [0.25, 0.3) is 11.0 Å². The Morgan fingerprint density at radius 1 is 1.23 bits per heavy atom. The molecule has 1 fully saturated rings. The predicted molar refractivity (Wildman–Crippen MR) is 114 cm³/mol. The predicted octanol–water partition coefficient (Wildman–Crippen LogP) is 3.18. The molecule has 0 unspecified atom stereocenters. The third kappa shape index (κ3) is 4.97. The summed E-state index contributed by atoms with van der Waals surface area (Å²) in [5, 5.41) is 3.77. The Morgan fingerprint density at radius 3 is 2.80 bits per heavy atom. The summed E-state index contributed by atoms with van der Waals surface area (Å²) in [6.07, 6.45) is 5.77. The molecular weight excluding hydrogens is 380 g/mol. The fourth-order valence-electron chi connectivity index (χ4n) is 3.82. The maximum atomic E-state index is 11.0. The number of aromatic nitrogens is 3. The second-order valence-corrected chi connectivity index (χ2v) is 8.05. The highest BCUT2D eigenvalue weighted by atomic mass is 16.5. The number of hydrogen-bond acceptors (Lipinski definition) is 5. The molecular formula is C23H28N4O3. The molecule has 158 valence electrons. The van der Waals surface area contributed by atoms with Gasteiger partial charge in [-0.2, -0.15) is 0 Å². The summed E-state index contributed by atoms with van der Waals surface area (Å²) >= 11 is 0. The largest absolute Gasteiger partial charge is 0.477 e. The number of nitrogens with zero attached hydrogens (tertiary/aromatic N) is 3. The van der Waals surface area contributed by atoms with E-state index in [0.717, 1.165) is 30.4 Å². The summed E-state index contributed by atoms with van der Waals surface area (Å²) in [4.78, 5) is 19.8. The first-order valence-electron chi connectivity index (χ1n) is 10.4. The molecule has 7 nitrogen and oxygen atoms in total. The van der Waals surface area contributed by atoms with Crippen molar-refractivity contribution in [2.24, 2.45) is 5.92 Å². The van der Waals surface area contributed by atoms with Crippen molar-refractivity contribution in [1.82, 2.24) is 19.9 Å². The van der Waals surface area contributed by atoms with Gasteiger partial charge in [-0.15, -0.1) is 0 Å². The number of amides is 1. The topological polar surface area (TPSA) is 78.3 Å². The monoisotopic (exact) mass is 408 g/mol. The number of rotatable bonds is 9. The van der Waals surface area contributed by atoms with E-state index in [-0.39, 0.29) is 18.1 Å². The Morgan fingerprint density at radius 2 is 2.03 bits per heavy atom. The summed E-state index contributed by atoms with van der Waals surface area (Å²) in [5.41, 5.74) is 2.11. The van der Waals surface area contributed by atoms with Gasteiger partial charge in [0.1, 0.15) is 12.0 Å². The summed E-state index contributed by atoms with van der Waals surface area (Å²) in [6, 6.07) is 12.4. The fourth-order valence-corrected chi connectivity index (χ4v) is 3.82. The molecule has 4 rings (SSSR count). The maximum Gasteiger partial charge on any atom is 0.226 e. The van der Waals surface area contributed by atoms with E-state index < -0.39 is 0 Å². The number of fused-ring (bicyclic) bond motifs is 1. The summed E-state index contributed by atoms with van der Waals surface area (Å²) in [6.45, 7) is 5.40. The standard InChI is InChI=1S/C23H28N4O3/c1-16(26-17(2)28)13-29-20-10-19(11-20)14-30-23-21-8-9-27(22(21)24-15-25-23)12-18-6-4-3-5-7-18/h3-9,15-16,19-20H,10-14H2,1-2H3,(H,26,28)/t16-,19-,20-/m0/s1. The normalized spacial score (nSPS) is 19.3. The van der Waals surface area contributed by atoms with E-state index >= 15 is 0 Å². The molecule has 2 heterocycles. The molecule has 0 aliphatic heterocycles. The molecule has 0 saturated heterocycles. The minimum atomic E-state index is -0.0280. The van der Waals surface area contributed by atoms with Crippen LogP contribution < -0.4 is 10.1 Å². The van der Waals surface area contributed by atoms with Crippen molar-refractivity contribution in [3.05, 3.63) is 54.5 Å². The minimum absolute atomic E-state index is 0.0280. The van der Waals surface area contributed by atoms with Crippen LogP contribution in [0.15, 0.2) is 48.9 Å². The van der Waals surface area contributed by atoms with E-state index in [1.165, 1.54) is 12.5 Å². The average molecular weight is 409 g/mol. The lowest BCUT2D eigenvalue weighted by molar-refractivity contribution is -0.120. The lowest BCUT2D eigenvalue weighted by Gasteiger charge is -2.35. The van der Waals surface area contributed by atoms with Gasteiger partial charge in [-0.25, -0.2) is 9.97 Å². The Labute approximate surface area is 176 Å². The van der Waals surface area contributed by atoms with Crippen molar-refractivity contribution in [2.75, 3.05) is 13.2 Å². The Hall–Kier alpha value is -2.93. The minimum Gasteiger partial charge on any atom is -0.477 e. The number of ether oxygens (including phenoxy) is 2. The van der Waals surface area contributed by atoms with Gasteiger partial charge in [-0.05, 0) is 37.3 Å². The van der Waals surface area contributed by atoms with Crippen molar-refractivity contribution in [2.45, 2.75) is 45.4 Å². The van der Waals surface area contributed by atoms with Gasteiger partial charge in [0.25, 0.3) is 0 Å². The first-order valence-corrected chi connectivity index (χ1v) is 10.4. The first-order chi connectivity index (χ1) is 14.6. The van der Waals surface area contributed by atoms with Crippen LogP contribution in [0.5, 0.6) is 5.88 Å². The molecule has 0 radical (unpaired) electrons. The zero-order valence-electron chi connectivity index (χ0n) is 17.5. The van der Waals surface area contributed by atoms with E-state index in [2.05, 4.69) is 32.0 Å². The number of benzene rings is 1. The van der Waals surface area contributed by atoms with Crippen LogP contribution in [0.3, 0.4) is 0 Å². The third-order valence-electron chi connectivity index (χ3n) is 5.40. The molecule has 1 atom stereocenters. The molecule has 0 bridgehead atoms. The number of nitrogens with one attached hydrogen (secondary N) is 1. The highest BCUT2D eigenvalue weighted by Crippen LogP contribution is 2.31. The van der Waals surface area contributed by atoms with Crippen LogP contribution >= 0.6 is 0 Å². The zero-order chi connectivity index (χ0) is 20.9. The lowest BCUT2D eigenvalue weighted by atomic mass is 9.83. The molecule has 1 aliphatic rings. The van der Waals surface area contributed by atoms with Gasteiger partial charge in [0.2, 0.25) is 11.8 Å². The molecule has 7 heteroatoms. The van der Waals surface area contributed by atoms with E-state index in [1.807, 2.05) is 37.4 Å². The van der Waals surface area contributed by atoms with Gasteiger partial charge in [0.15, 0.2) is 0 Å². The number of hydrogen-bond donors (Lipinski definition) is 1. The van der Waals surface area contributed by atoms with Crippen LogP contribution in [0.4, 0.5) is 0 Å². The average Bonchev–Trinajstić information content (AvgIpc) is 3.10. The van der Waals surface area contributed by atoms with Crippen LogP contribution in [0.2, 0.25) is 0 Å². The van der Waals surface area contributed by atoms with Gasteiger partial charge >= 0.3 is 0 Å². The van der Waals surface area contributed by atoms with Crippen LogP contribution in [0, 0.1) is 5.92 Å². The molecule has 0 spiro atoms. The molecule has 1 saturated carbocycles. The van der Waals surface area contributed by atoms with Crippen molar-refractivity contribution >= 4 is 16.9 Å². The highest BCUT2D eigenvalue weighted by molar-refractivity contribution is 5.81. The number of carbonyl (C=O) groups is 1. The van der Waals surface area contributed by atoms with Gasteiger partial charge in [0.05, 0.1) is 24.7 Å². The molecule has 2 aromatic heterocycles. The van der Waals surface area contributed by atoms with Gasteiger partial charge in [0, 0.05) is 25.7 Å². The highest BCUT2D eigenvalue weighted by Gasteiger charge is 2.31. The smallest absolute Gasteiger partial charge is 0.226 e. The zero-order valence-corrected chi connectivity index (χ0v) is 17.5. The summed E-state index contributed by atoms with van der Waals surface area (Å²) in [7, 11) is 0. The van der Waals surface area contributed by atoms with Crippen molar-refractivity contribution in [3.8, 4) is 5.88 Å². The summed E-state index contributed by atoms with van der Waals surface area (Å²) < 4.78 is 14.0. The van der Waals surface area contributed by atoms with E-state index in [4.69, 9.17) is 9.47 Å². The van der Waals surface area contributed by atoms with Crippen LogP contribution in [0.1, 0.15) is 32.3 Å². The van der Waals surface area contributed by atoms with Crippen molar-refractivity contribution in [3.63, 3.8) is 0 Å². The number of carbonyl (C=O) groups excluding carboxylic acids is 1. The molecule has 1 aromatic carbocycles. The Bertz CT molecular complexity index is 983. The molecule has 30 heavy (non-hydrogen) atoms. The quantitative estimate of drug-likeness (QED) is 0.588. The summed E-state index contributed by atoms with van der Waals surface area (Å²) in [5.74, 6) is 1.07. The SMILES string of the molecule is CC(=O)N[C@@H](C)CO[C@H]1C[C@H](COc2ncnc3c2ccn3Cc2ccccc2)C1. The second kappa shape index (κ2) is 9.26. The first kappa shape index (κ1) is 20.3. The van der Waals surface area contributed by atoms with Crippen molar-refractivity contribution in [1.29, 1.82) is 0 Å². The van der Waals surface area contributed by atoms with Gasteiger partial charge < -0.3 is 19.4 Å². The van der Waals surface area contributed by atoms with Crippen LogP contribution in [-0.4, -0.2) is 45.8 Å². The second-order valence-electron chi connectivity index (χ2n) is 8.05. The Balaban J connectivity index is 1.28. The van der Waals surface area contributed by atoms with E-state index in [0.29, 0.717) is 25.0 Å². The van der Waals surface area contributed by atoms with Gasteiger partial charge in [-0.3, -0.25) is 4.79 Å². The van der Waals surface area contributed by atoms with Crippen LogP contribution in [-0.2, 0) is 16.1 Å². The van der Waals surface area contributed by atoms with Crippen molar-refractivity contribution < 1.29 is 14.3 Å². The molecule has 1 N–H and O–H groups in total. The van der Waals surface area contributed by atoms with E-state index in [9.17, 15) is 4.79 Å². The van der Waals surface area contributed by atoms with E-state index in [1.54, 1.807) is 6.33 Å². The fraction of sp³-hybridized carbons (Fsp3) is 0.435. The molecule has 1 amide bonds. The Kier molecular flexibility index (Phi) is 6.28. The third-order valence-corrected chi connectivity index (χ3v) is 5.40. The maximum absolute atomic E-state index is 11.0. The van der Waals surface area contributed by atoms with Gasteiger partial charge in [-0.1, -0.05) is 30.3 Å². The molecule has 1 aliphatic carbocycles. The lowest BCUT2D eigenvalue weighted by Crippen LogP contribution is -2.40. The molecule has 3 aromatic rings.